The van der Waals surface area contributed by atoms with E-state index < -0.39 is 0 Å². The Morgan fingerprint density at radius 2 is 2.16 bits per heavy atom. The Labute approximate surface area is 125 Å². The van der Waals surface area contributed by atoms with E-state index in [2.05, 4.69) is 13.0 Å². The van der Waals surface area contributed by atoms with Gasteiger partial charge in [0.2, 0.25) is 0 Å². The van der Waals surface area contributed by atoms with E-state index in [-0.39, 0.29) is 0 Å². The number of ether oxygens (including phenoxy) is 1. The van der Waals surface area contributed by atoms with E-state index in [1.807, 2.05) is 6.07 Å². The molecule has 3 atom stereocenters. The van der Waals surface area contributed by atoms with Crippen LogP contribution < -0.4 is 4.74 Å². The maximum atomic E-state index is 6.51. The van der Waals surface area contributed by atoms with Crippen LogP contribution in [0.4, 0.5) is 0 Å². The van der Waals surface area contributed by atoms with Crippen molar-refractivity contribution in [2.24, 2.45) is 11.8 Å². The van der Waals surface area contributed by atoms with Gasteiger partial charge >= 0.3 is 0 Å². The smallest absolute Gasteiger partial charge is 0.125 e. The van der Waals surface area contributed by atoms with E-state index in [0.29, 0.717) is 11.3 Å². The minimum absolute atomic E-state index is 0.298. The molecule has 0 amide bonds. The monoisotopic (exact) mass is 298 g/mol. The topological polar surface area (TPSA) is 9.23 Å². The Balaban J connectivity index is 1.83. The zero-order valence-electron chi connectivity index (χ0n) is 11.3. The summed E-state index contributed by atoms with van der Waals surface area (Å²) >= 11 is 12.7. The van der Waals surface area contributed by atoms with Crippen molar-refractivity contribution in [2.75, 3.05) is 6.61 Å². The summed E-state index contributed by atoms with van der Waals surface area (Å²) in [7, 11) is 0. The van der Waals surface area contributed by atoms with Gasteiger partial charge < -0.3 is 4.74 Å². The highest BCUT2D eigenvalue weighted by Crippen LogP contribution is 2.39. The van der Waals surface area contributed by atoms with Gasteiger partial charge in [-0.1, -0.05) is 18.5 Å². The molecule has 19 heavy (non-hydrogen) atoms. The van der Waals surface area contributed by atoms with Crippen LogP contribution in [0.1, 0.15) is 37.3 Å². The van der Waals surface area contributed by atoms with Crippen molar-refractivity contribution < 1.29 is 4.74 Å². The number of alkyl halides is 1. The van der Waals surface area contributed by atoms with E-state index in [1.165, 1.54) is 24.0 Å². The molecule has 3 unspecified atom stereocenters. The lowest BCUT2D eigenvalue weighted by molar-refractivity contribution is 0.283. The molecular formula is C16H20Cl2O. The van der Waals surface area contributed by atoms with E-state index in [0.717, 1.165) is 42.6 Å². The Morgan fingerprint density at radius 3 is 3.00 bits per heavy atom. The van der Waals surface area contributed by atoms with Gasteiger partial charge in [0.15, 0.2) is 0 Å². The average molecular weight is 299 g/mol. The highest BCUT2D eigenvalue weighted by molar-refractivity contribution is 6.30. The molecule has 0 saturated heterocycles. The molecule has 1 aromatic carbocycles. The molecule has 1 aliphatic carbocycles. The van der Waals surface area contributed by atoms with Crippen molar-refractivity contribution in [1.29, 1.82) is 0 Å². The Hall–Kier alpha value is -0.400. The molecule has 0 N–H and O–H groups in total. The standard InChI is InChI=1S/C16H20Cl2O/c1-10-2-3-15(18)12(6-10)7-13-9-14(17)8-11-4-5-19-16(11)13/h8-10,12,15H,2-7H2,1H3. The van der Waals surface area contributed by atoms with Crippen LogP contribution in [-0.2, 0) is 12.8 Å². The number of halogens is 2. The second kappa shape index (κ2) is 5.54. The van der Waals surface area contributed by atoms with Gasteiger partial charge in [0, 0.05) is 16.8 Å². The summed E-state index contributed by atoms with van der Waals surface area (Å²) < 4.78 is 5.79. The van der Waals surface area contributed by atoms with Crippen molar-refractivity contribution in [2.45, 2.75) is 44.4 Å². The molecule has 1 fully saturated rings. The molecule has 1 saturated carbocycles. The van der Waals surface area contributed by atoms with Crippen LogP contribution in [0.15, 0.2) is 12.1 Å². The molecule has 3 heteroatoms. The number of fused-ring (bicyclic) bond motifs is 1. The van der Waals surface area contributed by atoms with E-state index in [9.17, 15) is 0 Å². The Morgan fingerprint density at radius 1 is 1.32 bits per heavy atom. The summed E-state index contributed by atoms with van der Waals surface area (Å²) in [5.74, 6) is 2.41. The molecular weight excluding hydrogens is 279 g/mol. The normalized spacial score (nSPS) is 29.9. The second-order valence-electron chi connectivity index (χ2n) is 6.05. The van der Waals surface area contributed by atoms with E-state index in [4.69, 9.17) is 27.9 Å². The van der Waals surface area contributed by atoms with Gasteiger partial charge in [0.1, 0.15) is 5.75 Å². The maximum Gasteiger partial charge on any atom is 0.125 e. The molecule has 1 heterocycles. The predicted octanol–water partition coefficient (Wildman–Crippen LogP) is 4.86. The van der Waals surface area contributed by atoms with Crippen LogP contribution >= 0.6 is 23.2 Å². The molecule has 2 aliphatic rings. The van der Waals surface area contributed by atoms with Crippen LogP contribution in [0.3, 0.4) is 0 Å². The predicted molar refractivity (Wildman–Crippen MR) is 80.5 cm³/mol. The summed E-state index contributed by atoms with van der Waals surface area (Å²) in [5, 5.41) is 1.13. The highest BCUT2D eigenvalue weighted by Gasteiger charge is 2.29. The van der Waals surface area contributed by atoms with Gasteiger partial charge in [0.05, 0.1) is 6.61 Å². The fourth-order valence-corrected chi connectivity index (χ4v) is 4.03. The largest absolute Gasteiger partial charge is 0.493 e. The van der Waals surface area contributed by atoms with Crippen LogP contribution in [-0.4, -0.2) is 12.0 Å². The average Bonchev–Trinajstić information content (AvgIpc) is 2.82. The first-order chi connectivity index (χ1) is 9.13. The third-order valence-electron chi connectivity index (χ3n) is 4.46. The number of benzene rings is 1. The van der Waals surface area contributed by atoms with Gasteiger partial charge in [-0.25, -0.2) is 0 Å². The summed E-state index contributed by atoms with van der Waals surface area (Å²) in [6, 6.07) is 4.10. The fourth-order valence-electron chi connectivity index (χ4n) is 3.45. The quantitative estimate of drug-likeness (QED) is 0.709. The molecule has 0 spiro atoms. The lowest BCUT2D eigenvalue weighted by Gasteiger charge is -2.31. The first-order valence-corrected chi connectivity index (χ1v) is 8.03. The summed E-state index contributed by atoms with van der Waals surface area (Å²) in [4.78, 5) is 0. The molecule has 1 aromatic rings. The van der Waals surface area contributed by atoms with Crippen molar-refractivity contribution in [3.8, 4) is 5.75 Å². The SMILES string of the molecule is CC1CCC(Cl)C(Cc2cc(Cl)cc3c2OCC3)C1. The van der Waals surface area contributed by atoms with Crippen LogP contribution in [0.2, 0.25) is 5.02 Å². The molecule has 0 aromatic heterocycles. The molecule has 3 rings (SSSR count). The lowest BCUT2D eigenvalue weighted by atomic mass is 9.79. The highest BCUT2D eigenvalue weighted by atomic mass is 35.5. The van der Waals surface area contributed by atoms with Crippen LogP contribution in [0, 0.1) is 11.8 Å². The first-order valence-electron chi connectivity index (χ1n) is 7.21. The summed E-state index contributed by atoms with van der Waals surface area (Å²) in [5.41, 5.74) is 2.52. The molecule has 104 valence electrons. The molecule has 1 aliphatic heterocycles. The molecule has 0 bridgehead atoms. The van der Waals surface area contributed by atoms with E-state index >= 15 is 0 Å². The Kier molecular flexibility index (Phi) is 3.96. The zero-order valence-corrected chi connectivity index (χ0v) is 12.8. The zero-order chi connectivity index (χ0) is 13.4. The number of rotatable bonds is 2. The number of hydrogen-bond donors (Lipinski definition) is 0. The third-order valence-corrected chi connectivity index (χ3v) is 5.25. The van der Waals surface area contributed by atoms with Crippen LogP contribution in [0.5, 0.6) is 5.75 Å². The van der Waals surface area contributed by atoms with E-state index in [1.54, 1.807) is 0 Å². The summed E-state index contributed by atoms with van der Waals surface area (Å²) in [6.45, 7) is 3.11. The minimum atomic E-state index is 0.298. The van der Waals surface area contributed by atoms with Crippen LogP contribution in [0.25, 0.3) is 0 Å². The molecule has 0 radical (unpaired) electrons. The molecule has 1 nitrogen and oxygen atoms in total. The van der Waals surface area contributed by atoms with Crippen molar-refractivity contribution >= 4 is 23.2 Å². The van der Waals surface area contributed by atoms with Crippen molar-refractivity contribution in [1.82, 2.24) is 0 Å². The third kappa shape index (κ3) is 2.87. The summed E-state index contributed by atoms with van der Waals surface area (Å²) in [6.07, 6.45) is 5.59. The first kappa shape index (κ1) is 13.6. The Bertz CT molecular complexity index is 472. The van der Waals surface area contributed by atoms with Gasteiger partial charge in [0.25, 0.3) is 0 Å². The second-order valence-corrected chi connectivity index (χ2v) is 7.05. The fraction of sp³-hybridized carbons (Fsp3) is 0.625. The van der Waals surface area contributed by atoms with Gasteiger partial charge in [-0.05, 0) is 60.8 Å². The van der Waals surface area contributed by atoms with Crippen molar-refractivity contribution in [3.63, 3.8) is 0 Å². The van der Waals surface area contributed by atoms with Gasteiger partial charge in [-0.3, -0.25) is 0 Å². The van der Waals surface area contributed by atoms with Crippen molar-refractivity contribution in [3.05, 3.63) is 28.3 Å². The van der Waals surface area contributed by atoms with Gasteiger partial charge in [-0.15, -0.1) is 11.6 Å². The number of hydrogen-bond acceptors (Lipinski definition) is 1. The lowest BCUT2D eigenvalue weighted by Crippen LogP contribution is -2.26. The van der Waals surface area contributed by atoms with Gasteiger partial charge in [-0.2, -0.15) is 0 Å². The minimum Gasteiger partial charge on any atom is -0.493 e. The maximum absolute atomic E-state index is 6.51.